The van der Waals surface area contributed by atoms with Crippen LogP contribution in [0.4, 0.5) is 0 Å². The largest absolute Gasteiger partial charge is 0.451 e. The minimum Gasteiger partial charge on any atom is -0.451 e. The summed E-state index contributed by atoms with van der Waals surface area (Å²) in [5.74, 6) is -0.773. The van der Waals surface area contributed by atoms with Gasteiger partial charge < -0.3 is 10.1 Å². The van der Waals surface area contributed by atoms with Gasteiger partial charge in [0.2, 0.25) is 0 Å². The lowest BCUT2D eigenvalue weighted by Gasteiger charge is -2.14. The highest BCUT2D eigenvalue weighted by atomic mass is 79.9. The van der Waals surface area contributed by atoms with Crippen molar-refractivity contribution >= 4 is 39.4 Å². The average molecular weight is 492 g/mol. The number of nitrogens with one attached hydrogen (secondary N) is 1. The predicted octanol–water partition coefficient (Wildman–Crippen LogP) is 4.33. The Bertz CT molecular complexity index is 1080. The van der Waals surface area contributed by atoms with Crippen molar-refractivity contribution in [1.29, 1.82) is 0 Å². The zero-order valence-corrected chi connectivity index (χ0v) is 19.0. The van der Waals surface area contributed by atoms with Gasteiger partial charge in [-0.3, -0.25) is 4.79 Å². The molecule has 1 unspecified atom stereocenters. The van der Waals surface area contributed by atoms with Gasteiger partial charge in [0, 0.05) is 10.2 Å². The van der Waals surface area contributed by atoms with Crippen molar-refractivity contribution in [2.75, 3.05) is 6.61 Å². The van der Waals surface area contributed by atoms with Crippen molar-refractivity contribution in [2.24, 2.45) is 0 Å². The molecule has 1 atom stereocenters. The summed E-state index contributed by atoms with van der Waals surface area (Å²) in [6.07, 6.45) is 0. The molecule has 3 aromatic rings. The van der Waals surface area contributed by atoms with Crippen molar-refractivity contribution in [1.82, 2.24) is 20.1 Å². The third-order valence-electron chi connectivity index (χ3n) is 4.33. The third kappa shape index (κ3) is 5.25. The standard InChI is InChI=1S/C21H20BrClN4O3/c1-12-10-13(2)27(26-12)18-9-8-17(23)20(25-18)21(29)30-11-19(28)24-14(3)15-4-6-16(22)7-5-15/h4-10,14H,11H2,1-3H3,(H,24,28). The van der Waals surface area contributed by atoms with Gasteiger partial charge in [-0.05, 0) is 56.7 Å². The van der Waals surface area contributed by atoms with E-state index in [9.17, 15) is 9.59 Å². The average Bonchev–Trinajstić information content (AvgIpc) is 3.05. The molecular formula is C21H20BrClN4O3. The number of amides is 1. The van der Waals surface area contributed by atoms with Crippen molar-refractivity contribution in [2.45, 2.75) is 26.8 Å². The first kappa shape index (κ1) is 22.0. The highest BCUT2D eigenvalue weighted by molar-refractivity contribution is 9.10. The Balaban J connectivity index is 1.64. The van der Waals surface area contributed by atoms with E-state index in [0.29, 0.717) is 5.82 Å². The first-order chi connectivity index (χ1) is 14.2. The zero-order chi connectivity index (χ0) is 21.8. The lowest BCUT2D eigenvalue weighted by molar-refractivity contribution is -0.124. The highest BCUT2D eigenvalue weighted by Gasteiger charge is 2.18. The van der Waals surface area contributed by atoms with Crippen molar-refractivity contribution in [3.05, 3.63) is 74.6 Å². The van der Waals surface area contributed by atoms with Crippen molar-refractivity contribution in [3.8, 4) is 5.82 Å². The van der Waals surface area contributed by atoms with Crippen LogP contribution in [0.1, 0.15) is 40.4 Å². The molecule has 0 saturated heterocycles. The van der Waals surface area contributed by atoms with Gasteiger partial charge >= 0.3 is 5.97 Å². The van der Waals surface area contributed by atoms with Crippen LogP contribution in [0, 0.1) is 13.8 Å². The molecule has 0 radical (unpaired) electrons. The molecular weight excluding hydrogens is 472 g/mol. The zero-order valence-electron chi connectivity index (χ0n) is 16.6. The smallest absolute Gasteiger partial charge is 0.359 e. The lowest BCUT2D eigenvalue weighted by Crippen LogP contribution is -2.31. The molecule has 0 fully saturated rings. The summed E-state index contributed by atoms with van der Waals surface area (Å²) in [5, 5.41) is 7.26. The van der Waals surface area contributed by atoms with Crippen LogP contribution in [0.2, 0.25) is 5.02 Å². The van der Waals surface area contributed by atoms with E-state index in [4.69, 9.17) is 16.3 Å². The Kier molecular flexibility index (Phi) is 6.89. The molecule has 0 bridgehead atoms. The van der Waals surface area contributed by atoms with E-state index in [-0.39, 0.29) is 16.8 Å². The second kappa shape index (κ2) is 9.40. The number of rotatable bonds is 6. The van der Waals surface area contributed by atoms with Gasteiger partial charge in [-0.15, -0.1) is 0 Å². The summed E-state index contributed by atoms with van der Waals surface area (Å²) in [7, 11) is 0. The van der Waals surface area contributed by atoms with Crippen LogP contribution in [0.3, 0.4) is 0 Å². The SMILES string of the molecule is Cc1cc(C)n(-c2ccc(Cl)c(C(=O)OCC(=O)NC(C)c3ccc(Br)cc3)n2)n1. The Hall–Kier alpha value is -2.71. The van der Waals surface area contributed by atoms with E-state index in [2.05, 4.69) is 31.3 Å². The van der Waals surface area contributed by atoms with Gasteiger partial charge in [0.15, 0.2) is 18.1 Å². The minimum absolute atomic E-state index is 0.0736. The van der Waals surface area contributed by atoms with E-state index < -0.39 is 18.5 Å². The summed E-state index contributed by atoms with van der Waals surface area (Å²) < 4.78 is 7.67. The molecule has 7 nitrogen and oxygen atoms in total. The maximum Gasteiger partial charge on any atom is 0.359 e. The molecule has 1 amide bonds. The Morgan fingerprint density at radius 1 is 1.20 bits per heavy atom. The molecule has 0 aliphatic heterocycles. The topological polar surface area (TPSA) is 86.1 Å². The summed E-state index contributed by atoms with van der Waals surface area (Å²) in [4.78, 5) is 28.9. The van der Waals surface area contributed by atoms with Gasteiger partial charge in [0.1, 0.15) is 0 Å². The fourth-order valence-electron chi connectivity index (χ4n) is 2.87. The lowest BCUT2D eigenvalue weighted by atomic mass is 10.1. The molecule has 0 aliphatic rings. The van der Waals surface area contributed by atoms with E-state index in [1.165, 1.54) is 0 Å². The van der Waals surface area contributed by atoms with Gasteiger partial charge in [-0.25, -0.2) is 14.5 Å². The molecule has 1 N–H and O–H groups in total. The molecule has 9 heteroatoms. The van der Waals surface area contributed by atoms with Crippen LogP contribution in [0.5, 0.6) is 0 Å². The van der Waals surface area contributed by atoms with E-state index >= 15 is 0 Å². The Labute approximate surface area is 187 Å². The van der Waals surface area contributed by atoms with Crippen LogP contribution in [-0.2, 0) is 9.53 Å². The van der Waals surface area contributed by atoms with Gasteiger partial charge in [-0.1, -0.05) is 39.7 Å². The fourth-order valence-corrected chi connectivity index (χ4v) is 3.32. The predicted molar refractivity (Wildman–Crippen MR) is 117 cm³/mol. The number of benzene rings is 1. The van der Waals surface area contributed by atoms with Gasteiger partial charge in [0.05, 0.1) is 16.8 Å². The molecule has 2 aromatic heterocycles. The van der Waals surface area contributed by atoms with Gasteiger partial charge in [0.25, 0.3) is 5.91 Å². The van der Waals surface area contributed by atoms with Crippen LogP contribution >= 0.6 is 27.5 Å². The number of carbonyl (C=O) groups is 2. The van der Waals surface area contributed by atoms with Crippen molar-refractivity contribution in [3.63, 3.8) is 0 Å². The number of aryl methyl sites for hydroxylation is 2. The maximum atomic E-state index is 12.5. The van der Waals surface area contributed by atoms with Crippen LogP contribution in [0.25, 0.3) is 5.82 Å². The van der Waals surface area contributed by atoms with Crippen LogP contribution in [0.15, 0.2) is 46.9 Å². The number of hydrogen-bond donors (Lipinski definition) is 1. The quantitative estimate of drug-likeness (QED) is 0.519. The minimum atomic E-state index is -0.783. The summed E-state index contributed by atoms with van der Waals surface area (Å²) >= 11 is 9.49. The number of ether oxygens (including phenoxy) is 1. The molecule has 2 heterocycles. The first-order valence-corrected chi connectivity index (χ1v) is 10.3. The second-order valence-electron chi connectivity index (χ2n) is 6.76. The monoisotopic (exact) mass is 490 g/mol. The Morgan fingerprint density at radius 3 is 2.53 bits per heavy atom. The van der Waals surface area contributed by atoms with Crippen LogP contribution in [-0.4, -0.2) is 33.2 Å². The molecule has 0 spiro atoms. The first-order valence-electron chi connectivity index (χ1n) is 9.16. The number of nitrogens with zero attached hydrogens (tertiary/aromatic N) is 3. The molecule has 30 heavy (non-hydrogen) atoms. The van der Waals surface area contributed by atoms with Crippen molar-refractivity contribution < 1.29 is 14.3 Å². The number of halogens is 2. The molecule has 0 saturated carbocycles. The maximum absolute atomic E-state index is 12.5. The molecule has 3 rings (SSSR count). The summed E-state index contributed by atoms with van der Waals surface area (Å²) in [6, 6.07) is 12.4. The normalized spacial score (nSPS) is 11.8. The number of esters is 1. The van der Waals surface area contributed by atoms with E-state index in [1.54, 1.807) is 16.8 Å². The van der Waals surface area contributed by atoms with Gasteiger partial charge in [-0.2, -0.15) is 5.10 Å². The summed E-state index contributed by atoms with van der Waals surface area (Å²) in [5.41, 5.74) is 2.54. The van der Waals surface area contributed by atoms with E-state index in [0.717, 1.165) is 21.4 Å². The second-order valence-corrected chi connectivity index (χ2v) is 8.08. The summed E-state index contributed by atoms with van der Waals surface area (Å²) in [6.45, 7) is 5.15. The van der Waals surface area contributed by atoms with Crippen LogP contribution < -0.4 is 5.32 Å². The number of hydrogen-bond acceptors (Lipinski definition) is 5. The third-order valence-corrected chi connectivity index (χ3v) is 5.17. The van der Waals surface area contributed by atoms with E-state index in [1.807, 2.05) is 51.1 Å². The number of carbonyl (C=O) groups excluding carboxylic acids is 2. The number of aromatic nitrogens is 3. The Morgan fingerprint density at radius 2 is 1.90 bits per heavy atom. The molecule has 0 aliphatic carbocycles. The number of pyridine rings is 1. The molecule has 156 valence electrons. The fraction of sp³-hybridized carbons (Fsp3) is 0.238. The molecule has 1 aromatic carbocycles. The highest BCUT2D eigenvalue weighted by Crippen LogP contribution is 2.19.